The smallest absolute Gasteiger partial charge is 0.0619 e. The van der Waals surface area contributed by atoms with Crippen molar-refractivity contribution in [2.24, 2.45) is 0 Å². The van der Waals surface area contributed by atoms with Gasteiger partial charge >= 0.3 is 0 Å². The SMILES string of the molecule is c1ccc(-c2ccc(-c3cccc4c5cc(-c6ccc7c(c6)c6ccccc6n7-c6ccccc6)ccc5n(-c5ccc(-c6ccccc6)cc5)c34)cc2)cc1. The van der Waals surface area contributed by atoms with E-state index >= 15 is 0 Å². The van der Waals surface area contributed by atoms with E-state index in [2.05, 4.69) is 228 Å². The molecular weight excluding hydrogens is 677 g/mol. The van der Waals surface area contributed by atoms with E-state index in [4.69, 9.17) is 0 Å². The highest BCUT2D eigenvalue weighted by molar-refractivity contribution is 6.15. The maximum absolute atomic E-state index is 2.46. The van der Waals surface area contributed by atoms with E-state index in [-0.39, 0.29) is 0 Å². The van der Waals surface area contributed by atoms with Crippen LogP contribution in [0.2, 0.25) is 0 Å². The molecule has 262 valence electrons. The molecule has 2 nitrogen and oxygen atoms in total. The summed E-state index contributed by atoms with van der Waals surface area (Å²) in [6.07, 6.45) is 0. The summed E-state index contributed by atoms with van der Waals surface area (Å²) in [5.41, 5.74) is 16.8. The van der Waals surface area contributed by atoms with Gasteiger partial charge in [0.1, 0.15) is 0 Å². The third kappa shape index (κ3) is 5.26. The number of nitrogens with zero attached hydrogens (tertiary/aromatic N) is 2. The third-order valence-corrected chi connectivity index (χ3v) is 11.3. The van der Waals surface area contributed by atoms with Crippen molar-refractivity contribution in [1.29, 1.82) is 0 Å². The highest BCUT2D eigenvalue weighted by Crippen LogP contribution is 2.41. The van der Waals surface area contributed by atoms with Crippen molar-refractivity contribution in [2.45, 2.75) is 0 Å². The lowest BCUT2D eigenvalue weighted by molar-refractivity contribution is 1.18. The van der Waals surface area contributed by atoms with Crippen molar-refractivity contribution in [2.75, 3.05) is 0 Å². The number of rotatable bonds is 6. The molecule has 0 atom stereocenters. The molecule has 0 amide bonds. The number of hydrogen-bond donors (Lipinski definition) is 0. The Hall–Kier alpha value is -7.42. The van der Waals surface area contributed by atoms with Gasteiger partial charge in [-0.15, -0.1) is 0 Å². The van der Waals surface area contributed by atoms with Crippen LogP contribution in [0.1, 0.15) is 0 Å². The molecular formula is C54H36N2. The molecule has 0 radical (unpaired) electrons. The molecule has 0 bridgehead atoms. The molecule has 9 aromatic carbocycles. The Kier molecular flexibility index (Phi) is 7.53. The quantitative estimate of drug-likeness (QED) is 0.162. The van der Waals surface area contributed by atoms with Gasteiger partial charge in [0.05, 0.1) is 22.1 Å². The molecule has 0 N–H and O–H groups in total. The summed E-state index contributed by atoms with van der Waals surface area (Å²) in [7, 11) is 0. The van der Waals surface area contributed by atoms with Crippen LogP contribution >= 0.6 is 0 Å². The van der Waals surface area contributed by atoms with Gasteiger partial charge in [-0.3, -0.25) is 0 Å². The van der Waals surface area contributed by atoms with Gasteiger partial charge in [0.2, 0.25) is 0 Å². The molecule has 0 spiro atoms. The zero-order valence-corrected chi connectivity index (χ0v) is 30.7. The van der Waals surface area contributed by atoms with Gasteiger partial charge in [0.15, 0.2) is 0 Å². The van der Waals surface area contributed by atoms with E-state index in [1.54, 1.807) is 0 Å². The first-order valence-electron chi connectivity index (χ1n) is 19.3. The van der Waals surface area contributed by atoms with Gasteiger partial charge in [-0.1, -0.05) is 164 Å². The van der Waals surface area contributed by atoms with Gasteiger partial charge in [-0.05, 0) is 93.5 Å². The molecule has 2 heterocycles. The van der Waals surface area contributed by atoms with Crippen LogP contribution < -0.4 is 0 Å². The van der Waals surface area contributed by atoms with Crippen LogP contribution in [0.5, 0.6) is 0 Å². The lowest BCUT2D eigenvalue weighted by Gasteiger charge is -2.13. The molecule has 11 aromatic rings. The summed E-state index contributed by atoms with van der Waals surface area (Å²) in [4.78, 5) is 0. The number of para-hydroxylation sites is 3. The minimum atomic E-state index is 1.14. The normalized spacial score (nSPS) is 11.6. The van der Waals surface area contributed by atoms with Crippen LogP contribution in [0.3, 0.4) is 0 Å². The third-order valence-electron chi connectivity index (χ3n) is 11.3. The first-order chi connectivity index (χ1) is 27.8. The number of hydrogen-bond acceptors (Lipinski definition) is 0. The predicted octanol–water partition coefficient (Wildman–Crippen LogP) is 14.5. The van der Waals surface area contributed by atoms with E-state index in [1.165, 1.54) is 93.8 Å². The van der Waals surface area contributed by atoms with E-state index in [0.29, 0.717) is 0 Å². The molecule has 11 rings (SSSR count). The number of aromatic nitrogens is 2. The van der Waals surface area contributed by atoms with E-state index in [9.17, 15) is 0 Å². The first-order valence-corrected chi connectivity index (χ1v) is 19.3. The summed E-state index contributed by atoms with van der Waals surface area (Å²) in [6.45, 7) is 0. The van der Waals surface area contributed by atoms with Crippen molar-refractivity contribution >= 4 is 43.6 Å². The lowest BCUT2D eigenvalue weighted by Crippen LogP contribution is -1.96. The fourth-order valence-corrected chi connectivity index (χ4v) is 8.66. The highest BCUT2D eigenvalue weighted by Gasteiger charge is 2.19. The molecule has 2 heteroatoms. The maximum Gasteiger partial charge on any atom is 0.0619 e. The van der Waals surface area contributed by atoms with E-state index < -0.39 is 0 Å². The van der Waals surface area contributed by atoms with Crippen LogP contribution in [0.25, 0.3) is 99.5 Å². The fourth-order valence-electron chi connectivity index (χ4n) is 8.66. The van der Waals surface area contributed by atoms with Crippen LogP contribution in [-0.2, 0) is 0 Å². The Labute approximate surface area is 325 Å². The highest BCUT2D eigenvalue weighted by atomic mass is 15.0. The largest absolute Gasteiger partial charge is 0.309 e. The Morgan fingerprint density at radius 1 is 0.232 bits per heavy atom. The summed E-state index contributed by atoms with van der Waals surface area (Å²) >= 11 is 0. The molecule has 0 saturated heterocycles. The molecule has 2 aromatic heterocycles. The molecule has 0 aliphatic carbocycles. The summed E-state index contributed by atoms with van der Waals surface area (Å²) in [5.74, 6) is 0. The van der Waals surface area contributed by atoms with Crippen molar-refractivity contribution in [1.82, 2.24) is 9.13 Å². The van der Waals surface area contributed by atoms with Crippen molar-refractivity contribution < 1.29 is 0 Å². The molecule has 0 aliphatic heterocycles. The standard InChI is InChI=1S/C54H36N2/c1-4-13-37(14-5-1)39-23-25-41(26-24-39)46-20-12-21-48-50-36-43(30-34-53(50)56(54(46)48)45-31-27-40(28-32-45)38-15-6-2-7-16-38)42-29-33-52-49(35-42)47-19-10-11-22-51(47)55(52)44-17-8-3-9-18-44/h1-36H. The molecule has 0 unspecified atom stereocenters. The van der Waals surface area contributed by atoms with Crippen molar-refractivity contribution in [3.05, 3.63) is 218 Å². The Morgan fingerprint density at radius 3 is 1.30 bits per heavy atom. The molecule has 0 aliphatic rings. The van der Waals surface area contributed by atoms with Gasteiger partial charge in [-0.25, -0.2) is 0 Å². The molecule has 0 saturated carbocycles. The lowest BCUT2D eigenvalue weighted by atomic mass is 9.97. The van der Waals surface area contributed by atoms with E-state index in [1.807, 2.05) is 0 Å². The van der Waals surface area contributed by atoms with Crippen LogP contribution in [0.4, 0.5) is 0 Å². The Morgan fingerprint density at radius 2 is 0.661 bits per heavy atom. The maximum atomic E-state index is 2.46. The first kappa shape index (κ1) is 32.0. The Balaban J connectivity index is 1.10. The fraction of sp³-hybridized carbons (Fsp3) is 0. The molecule has 56 heavy (non-hydrogen) atoms. The Bertz CT molecular complexity index is 3190. The van der Waals surface area contributed by atoms with Crippen LogP contribution in [0, 0.1) is 0 Å². The number of fused-ring (bicyclic) bond motifs is 6. The van der Waals surface area contributed by atoms with Gasteiger partial charge in [-0.2, -0.15) is 0 Å². The topological polar surface area (TPSA) is 9.86 Å². The zero-order valence-electron chi connectivity index (χ0n) is 30.7. The zero-order chi connectivity index (χ0) is 37.0. The monoisotopic (exact) mass is 712 g/mol. The average Bonchev–Trinajstić information content (AvgIpc) is 3.80. The molecule has 0 fully saturated rings. The predicted molar refractivity (Wildman–Crippen MR) is 237 cm³/mol. The second-order valence-corrected chi connectivity index (χ2v) is 14.5. The summed E-state index contributed by atoms with van der Waals surface area (Å²) in [6, 6.07) is 79.4. The van der Waals surface area contributed by atoms with Gasteiger partial charge in [0.25, 0.3) is 0 Å². The van der Waals surface area contributed by atoms with Crippen LogP contribution in [-0.4, -0.2) is 9.13 Å². The minimum Gasteiger partial charge on any atom is -0.309 e. The van der Waals surface area contributed by atoms with Gasteiger partial charge in [0, 0.05) is 38.5 Å². The summed E-state index contributed by atoms with van der Waals surface area (Å²) < 4.78 is 4.84. The van der Waals surface area contributed by atoms with Crippen molar-refractivity contribution in [3.63, 3.8) is 0 Å². The van der Waals surface area contributed by atoms with E-state index in [0.717, 1.165) is 5.69 Å². The minimum absolute atomic E-state index is 1.14. The van der Waals surface area contributed by atoms with Gasteiger partial charge < -0.3 is 9.13 Å². The van der Waals surface area contributed by atoms with Crippen LogP contribution in [0.15, 0.2) is 218 Å². The number of benzene rings is 9. The second-order valence-electron chi connectivity index (χ2n) is 14.5. The van der Waals surface area contributed by atoms with Crippen molar-refractivity contribution in [3.8, 4) is 55.9 Å². The second kappa shape index (κ2) is 13.2. The summed E-state index contributed by atoms with van der Waals surface area (Å²) in [5, 5.41) is 4.98. The average molecular weight is 713 g/mol.